The summed E-state index contributed by atoms with van der Waals surface area (Å²) in [6, 6.07) is 6.97. The first-order valence-electron chi connectivity index (χ1n) is 4.64. The molecule has 8 nitrogen and oxygen atoms in total. The van der Waals surface area contributed by atoms with Gasteiger partial charge in [-0.05, 0) is 29.0 Å². The molecule has 0 aromatic heterocycles. The molecule has 0 spiro atoms. The molecule has 0 heterocycles. The van der Waals surface area contributed by atoms with Crippen molar-refractivity contribution in [2.75, 3.05) is 0 Å². The number of hydrogen-bond donors (Lipinski definition) is 0. The Hall–Kier alpha value is 0.440. The zero-order valence-corrected chi connectivity index (χ0v) is 17.4. The number of benzene rings is 2. The van der Waals surface area contributed by atoms with E-state index in [4.69, 9.17) is 0 Å². The van der Waals surface area contributed by atoms with Gasteiger partial charge in [-0.1, -0.05) is 18.2 Å². The van der Waals surface area contributed by atoms with E-state index in [1.807, 2.05) is 0 Å². The first-order chi connectivity index (χ1) is 8.19. The molecule has 0 unspecified atom stereocenters. The molecule has 12 heteroatoms. The maximum atomic E-state index is 11.0. The van der Waals surface area contributed by atoms with Crippen molar-refractivity contribution in [3.05, 3.63) is 36.4 Å². The molecular formula is C10H10Na2O8S2. The van der Waals surface area contributed by atoms with Gasteiger partial charge in [0.15, 0.2) is 0 Å². The van der Waals surface area contributed by atoms with Gasteiger partial charge >= 0.3 is 59.1 Å². The van der Waals surface area contributed by atoms with E-state index in [2.05, 4.69) is 0 Å². The predicted molar refractivity (Wildman–Crippen MR) is 67.1 cm³/mol. The summed E-state index contributed by atoms with van der Waals surface area (Å²) in [7, 11) is -9.28. The molecule has 0 bridgehead atoms. The van der Waals surface area contributed by atoms with E-state index in [1.54, 1.807) is 0 Å². The molecule has 2 rings (SSSR count). The van der Waals surface area contributed by atoms with Gasteiger partial charge < -0.3 is 20.1 Å². The molecule has 0 saturated carbocycles. The van der Waals surface area contributed by atoms with E-state index >= 15 is 0 Å². The molecule has 0 aliphatic rings. The van der Waals surface area contributed by atoms with E-state index in [0.717, 1.165) is 24.3 Å². The van der Waals surface area contributed by atoms with Crippen LogP contribution in [0.2, 0.25) is 0 Å². The summed E-state index contributed by atoms with van der Waals surface area (Å²) in [4.78, 5) is -0.926. The van der Waals surface area contributed by atoms with E-state index in [0.29, 0.717) is 0 Å². The van der Waals surface area contributed by atoms with Crippen LogP contribution in [-0.2, 0) is 20.2 Å². The van der Waals surface area contributed by atoms with Crippen LogP contribution in [0.25, 0.3) is 10.8 Å². The summed E-state index contributed by atoms with van der Waals surface area (Å²) >= 11 is 0. The van der Waals surface area contributed by atoms with Crippen molar-refractivity contribution in [3.8, 4) is 0 Å². The third-order valence-corrected chi connectivity index (χ3v) is 4.10. The Kier molecular flexibility index (Phi) is 12.0. The molecule has 0 saturated heterocycles. The van der Waals surface area contributed by atoms with Crippen LogP contribution in [0, 0.1) is 0 Å². The Morgan fingerprint density at radius 1 is 0.773 bits per heavy atom. The van der Waals surface area contributed by atoms with Crippen molar-refractivity contribution in [3.63, 3.8) is 0 Å². The molecule has 0 radical (unpaired) electrons. The van der Waals surface area contributed by atoms with Crippen LogP contribution in [0.5, 0.6) is 0 Å². The van der Waals surface area contributed by atoms with Crippen molar-refractivity contribution in [1.82, 2.24) is 0 Å². The maximum Gasteiger partial charge on any atom is 1.00 e. The van der Waals surface area contributed by atoms with Crippen molar-refractivity contribution >= 4 is 31.0 Å². The molecule has 0 atom stereocenters. The number of rotatable bonds is 2. The Morgan fingerprint density at radius 2 is 1.32 bits per heavy atom. The van der Waals surface area contributed by atoms with Gasteiger partial charge in [-0.15, -0.1) is 0 Å². The fourth-order valence-corrected chi connectivity index (χ4v) is 2.81. The van der Waals surface area contributed by atoms with Crippen LogP contribution in [0.15, 0.2) is 46.2 Å². The standard InChI is InChI=1S/C10H8O6S2.2Na.2H2O/c11-17(12,13)8-4-5-9-7(6-8)2-1-3-10(9)18(14,15)16;;;;/h1-6H,(H,11,12,13)(H,14,15,16);;;2*1H2/q;2*+1;;/p-2. The molecule has 2 aromatic carbocycles. The summed E-state index contributed by atoms with van der Waals surface area (Å²) in [5.41, 5.74) is 0. The van der Waals surface area contributed by atoms with Crippen LogP contribution in [-0.4, -0.2) is 36.9 Å². The quantitative estimate of drug-likeness (QED) is 0.375. The van der Waals surface area contributed by atoms with Crippen molar-refractivity contribution in [2.45, 2.75) is 9.79 Å². The normalized spacial score (nSPS) is 10.5. The van der Waals surface area contributed by atoms with Gasteiger partial charge in [0.25, 0.3) is 0 Å². The van der Waals surface area contributed by atoms with Crippen LogP contribution < -0.4 is 59.1 Å². The zero-order chi connectivity index (χ0) is 13.6. The second-order valence-electron chi connectivity index (χ2n) is 3.55. The molecule has 22 heavy (non-hydrogen) atoms. The third-order valence-electron chi connectivity index (χ3n) is 2.37. The van der Waals surface area contributed by atoms with Crippen LogP contribution >= 0.6 is 0 Å². The predicted octanol–water partition coefficient (Wildman–Crippen LogP) is -6.99. The summed E-state index contributed by atoms with van der Waals surface area (Å²) in [5, 5.41) is 0.281. The minimum atomic E-state index is -4.66. The summed E-state index contributed by atoms with van der Waals surface area (Å²) in [5.74, 6) is 0. The van der Waals surface area contributed by atoms with E-state index in [-0.39, 0.29) is 80.8 Å². The third kappa shape index (κ3) is 6.15. The fourth-order valence-electron chi connectivity index (χ4n) is 1.61. The topological polar surface area (TPSA) is 177 Å². The molecule has 0 fully saturated rings. The first kappa shape index (κ1) is 27.3. The van der Waals surface area contributed by atoms with Crippen LogP contribution in [0.1, 0.15) is 0 Å². The van der Waals surface area contributed by atoms with Crippen molar-refractivity contribution in [2.24, 2.45) is 0 Å². The number of hydrogen-bond acceptors (Lipinski definition) is 6. The van der Waals surface area contributed by atoms with Gasteiger partial charge in [0.1, 0.15) is 20.2 Å². The van der Waals surface area contributed by atoms with Gasteiger partial charge in [-0.25, -0.2) is 16.8 Å². The Balaban J connectivity index is -0.000000902. The Morgan fingerprint density at radius 3 is 1.77 bits per heavy atom. The second-order valence-corrected chi connectivity index (χ2v) is 6.28. The Labute approximate surface area is 171 Å². The van der Waals surface area contributed by atoms with Gasteiger partial charge in [-0.2, -0.15) is 0 Å². The minimum absolute atomic E-state index is 0. The van der Waals surface area contributed by atoms with Gasteiger partial charge in [0, 0.05) is 0 Å². The SMILES string of the molecule is O.O.O=S(=O)([O-])c1ccc2c(S(=O)(=O)[O-])cccc2c1.[Na+].[Na+]. The average molecular weight is 368 g/mol. The van der Waals surface area contributed by atoms with Crippen LogP contribution in [0.3, 0.4) is 0 Å². The number of fused-ring (bicyclic) bond motifs is 1. The molecule has 0 amide bonds. The molecule has 4 N–H and O–H groups in total. The maximum absolute atomic E-state index is 11.0. The van der Waals surface area contributed by atoms with E-state index in [1.165, 1.54) is 12.1 Å². The molecule has 2 aromatic rings. The molecule has 0 aliphatic carbocycles. The summed E-state index contributed by atoms with van der Waals surface area (Å²) in [6.07, 6.45) is 0. The van der Waals surface area contributed by atoms with E-state index < -0.39 is 30.0 Å². The van der Waals surface area contributed by atoms with Gasteiger partial charge in [-0.3, -0.25) is 0 Å². The van der Waals surface area contributed by atoms with Crippen molar-refractivity contribution < 1.29 is 96.0 Å². The minimum Gasteiger partial charge on any atom is -0.744 e. The molecule has 112 valence electrons. The van der Waals surface area contributed by atoms with Crippen LogP contribution in [0.4, 0.5) is 0 Å². The zero-order valence-electron chi connectivity index (χ0n) is 11.7. The van der Waals surface area contributed by atoms with E-state index in [9.17, 15) is 25.9 Å². The van der Waals surface area contributed by atoms with Crippen molar-refractivity contribution in [1.29, 1.82) is 0 Å². The molecular weight excluding hydrogens is 358 g/mol. The molecule has 0 aliphatic heterocycles. The average Bonchev–Trinajstić information content (AvgIpc) is 2.25. The monoisotopic (exact) mass is 368 g/mol. The first-order valence-corrected chi connectivity index (χ1v) is 7.46. The van der Waals surface area contributed by atoms with Gasteiger partial charge in [0.05, 0.1) is 9.79 Å². The smallest absolute Gasteiger partial charge is 0.744 e. The summed E-state index contributed by atoms with van der Waals surface area (Å²) < 4.78 is 65.4. The Bertz CT molecular complexity index is 833. The summed E-state index contributed by atoms with van der Waals surface area (Å²) in [6.45, 7) is 0. The fraction of sp³-hybridized carbons (Fsp3) is 0. The largest absolute Gasteiger partial charge is 1.00 e. The van der Waals surface area contributed by atoms with Gasteiger partial charge in [0.2, 0.25) is 0 Å². The second kappa shape index (κ2) is 9.67.